The lowest BCUT2D eigenvalue weighted by Gasteiger charge is -2.15. The van der Waals surface area contributed by atoms with Gasteiger partial charge in [0.15, 0.2) is 0 Å². The molecule has 1 amide bonds. The van der Waals surface area contributed by atoms with Gasteiger partial charge in [-0.1, -0.05) is 24.4 Å². The number of hydrogen-bond acceptors (Lipinski definition) is 3. The first kappa shape index (κ1) is 13.5. The molecule has 1 rings (SSSR count). The summed E-state index contributed by atoms with van der Waals surface area (Å²) in [7, 11) is 1.71. The van der Waals surface area contributed by atoms with Crippen molar-refractivity contribution in [2.24, 2.45) is 5.73 Å². The summed E-state index contributed by atoms with van der Waals surface area (Å²) in [6, 6.07) is 6.00. The van der Waals surface area contributed by atoms with Crippen molar-refractivity contribution in [2.45, 2.75) is 0 Å². The molecule has 0 spiro atoms. The maximum atomic E-state index is 13.2. The zero-order valence-electron chi connectivity index (χ0n) is 9.44. The van der Waals surface area contributed by atoms with Crippen LogP contribution in [0.25, 0.3) is 0 Å². The molecule has 92 valence electrons. The predicted molar refractivity (Wildman–Crippen MR) is 69.3 cm³/mol. The van der Waals surface area contributed by atoms with Crippen LogP contribution in [0.2, 0.25) is 0 Å². The fourth-order valence-corrected chi connectivity index (χ4v) is 1.54. The first-order valence-electron chi connectivity index (χ1n) is 5.00. The number of rotatable bonds is 5. The highest BCUT2D eigenvalue weighted by molar-refractivity contribution is 7.80. The standard InChI is InChI=1S/C11H14FN3OS/c1-15(6-10(13)17)7-11(16)14-9-5-3-2-4-8(9)12/h2-5H,6-7H2,1H3,(H2,13,17)(H,14,16). The van der Waals surface area contributed by atoms with Gasteiger partial charge in [-0.05, 0) is 19.2 Å². The van der Waals surface area contributed by atoms with Crippen LogP contribution in [0, 0.1) is 5.82 Å². The first-order valence-corrected chi connectivity index (χ1v) is 5.41. The van der Waals surface area contributed by atoms with Crippen LogP contribution in [0.5, 0.6) is 0 Å². The number of nitrogens with zero attached hydrogens (tertiary/aromatic N) is 1. The van der Waals surface area contributed by atoms with Gasteiger partial charge in [0.2, 0.25) is 5.91 Å². The van der Waals surface area contributed by atoms with Gasteiger partial charge in [0, 0.05) is 6.54 Å². The molecule has 1 aromatic carbocycles. The monoisotopic (exact) mass is 255 g/mol. The molecule has 4 nitrogen and oxygen atoms in total. The average Bonchev–Trinajstić information content (AvgIpc) is 2.19. The molecule has 3 N–H and O–H groups in total. The molecule has 1 aromatic rings. The molecule has 0 saturated carbocycles. The Hall–Kier alpha value is -1.53. The summed E-state index contributed by atoms with van der Waals surface area (Å²) in [5.74, 6) is -0.772. The summed E-state index contributed by atoms with van der Waals surface area (Å²) in [6.07, 6.45) is 0. The summed E-state index contributed by atoms with van der Waals surface area (Å²) in [5.41, 5.74) is 5.51. The van der Waals surface area contributed by atoms with Crippen LogP contribution in [0.4, 0.5) is 10.1 Å². The summed E-state index contributed by atoms with van der Waals surface area (Å²) < 4.78 is 13.2. The number of hydrogen-bond donors (Lipinski definition) is 2. The van der Waals surface area contributed by atoms with Crippen LogP contribution in [0.3, 0.4) is 0 Å². The maximum Gasteiger partial charge on any atom is 0.238 e. The number of amides is 1. The summed E-state index contributed by atoms with van der Waals surface area (Å²) in [6.45, 7) is 0.450. The van der Waals surface area contributed by atoms with E-state index in [4.69, 9.17) is 18.0 Å². The van der Waals surface area contributed by atoms with Crippen LogP contribution in [-0.4, -0.2) is 35.9 Å². The van der Waals surface area contributed by atoms with Gasteiger partial charge >= 0.3 is 0 Å². The lowest BCUT2D eigenvalue weighted by molar-refractivity contribution is -0.116. The number of para-hydroxylation sites is 1. The zero-order chi connectivity index (χ0) is 12.8. The zero-order valence-corrected chi connectivity index (χ0v) is 10.3. The molecule has 0 heterocycles. The van der Waals surface area contributed by atoms with E-state index < -0.39 is 5.82 Å². The van der Waals surface area contributed by atoms with Crippen molar-refractivity contribution in [3.63, 3.8) is 0 Å². The minimum Gasteiger partial charge on any atom is -0.392 e. The molecule has 0 unspecified atom stereocenters. The van der Waals surface area contributed by atoms with Crippen LogP contribution in [0.1, 0.15) is 0 Å². The topological polar surface area (TPSA) is 58.4 Å². The lowest BCUT2D eigenvalue weighted by Crippen LogP contribution is -2.35. The highest BCUT2D eigenvalue weighted by atomic mass is 32.1. The van der Waals surface area contributed by atoms with Crippen molar-refractivity contribution < 1.29 is 9.18 Å². The Morgan fingerprint density at radius 2 is 2.12 bits per heavy atom. The Morgan fingerprint density at radius 1 is 1.47 bits per heavy atom. The number of benzene rings is 1. The van der Waals surface area contributed by atoms with E-state index in [-0.39, 0.29) is 18.1 Å². The average molecular weight is 255 g/mol. The molecular formula is C11H14FN3OS. The molecule has 0 aliphatic carbocycles. The minimum atomic E-state index is -0.460. The number of halogens is 1. The quantitative estimate of drug-likeness (QED) is 0.770. The van der Waals surface area contributed by atoms with E-state index in [1.54, 1.807) is 24.1 Å². The Labute approximate surface area is 105 Å². The maximum absolute atomic E-state index is 13.2. The van der Waals surface area contributed by atoms with Crippen molar-refractivity contribution in [1.82, 2.24) is 4.90 Å². The van der Waals surface area contributed by atoms with E-state index in [1.165, 1.54) is 12.1 Å². The molecule has 0 aliphatic heterocycles. The van der Waals surface area contributed by atoms with Crippen LogP contribution in [0.15, 0.2) is 24.3 Å². The van der Waals surface area contributed by atoms with Crippen LogP contribution in [-0.2, 0) is 4.79 Å². The number of carbonyl (C=O) groups excluding carboxylic acids is 1. The largest absolute Gasteiger partial charge is 0.392 e. The predicted octanol–water partition coefficient (Wildman–Crippen LogP) is 0.982. The molecule has 0 saturated heterocycles. The molecule has 0 radical (unpaired) electrons. The molecule has 6 heteroatoms. The van der Waals surface area contributed by atoms with E-state index in [2.05, 4.69) is 5.32 Å². The van der Waals surface area contributed by atoms with E-state index in [1.807, 2.05) is 0 Å². The van der Waals surface area contributed by atoms with E-state index in [0.29, 0.717) is 11.5 Å². The van der Waals surface area contributed by atoms with E-state index in [0.717, 1.165) is 0 Å². The van der Waals surface area contributed by atoms with Crippen LogP contribution >= 0.6 is 12.2 Å². The Morgan fingerprint density at radius 3 is 2.71 bits per heavy atom. The van der Waals surface area contributed by atoms with Crippen molar-refractivity contribution in [1.29, 1.82) is 0 Å². The molecular weight excluding hydrogens is 241 g/mol. The molecule has 0 bridgehead atoms. The summed E-state index contributed by atoms with van der Waals surface area (Å²) >= 11 is 4.72. The van der Waals surface area contributed by atoms with Crippen molar-refractivity contribution >= 4 is 28.8 Å². The highest BCUT2D eigenvalue weighted by Crippen LogP contribution is 2.11. The fourth-order valence-electron chi connectivity index (χ4n) is 1.32. The minimum absolute atomic E-state index is 0.103. The fraction of sp³-hybridized carbons (Fsp3) is 0.273. The van der Waals surface area contributed by atoms with Gasteiger partial charge in [-0.2, -0.15) is 0 Å². The third-order valence-corrected chi connectivity index (χ3v) is 2.12. The summed E-state index contributed by atoms with van der Waals surface area (Å²) in [5, 5.41) is 2.47. The molecule has 0 fully saturated rings. The second-order valence-corrected chi connectivity index (χ2v) is 4.19. The molecule has 0 atom stereocenters. The number of thiocarbonyl (C=S) groups is 1. The van der Waals surface area contributed by atoms with E-state index >= 15 is 0 Å². The van der Waals surface area contributed by atoms with Crippen molar-refractivity contribution in [3.8, 4) is 0 Å². The lowest BCUT2D eigenvalue weighted by atomic mass is 10.3. The van der Waals surface area contributed by atoms with Gasteiger partial charge in [0.1, 0.15) is 5.82 Å². The number of nitrogens with two attached hydrogens (primary N) is 1. The Balaban J connectivity index is 2.50. The van der Waals surface area contributed by atoms with Gasteiger partial charge in [-0.25, -0.2) is 4.39 Å². The second-order valence-electron chi connectivity index (χ2n) is 3.67. The molecule has 0 aromatic heterocycles. The van der Waals surface area contributed by atoms with Gasteiger partial charge in [0.25, 0.3) is 0 Å². The second kappa shape index (κ2) is 6.27. The third-order valence-electron chi connectivity index (χ3n) is 1.99. The van der Waals surface area contributed by atoms with Gasteiger partial charge in [-0.3, -0.25) is 9.69 Å². The SMILES string of the molecule is CN(CC(=O)Nc1ccccc1F)CC(N)=S. The smallest absolute Gasteiger partial charge is 0.238 e. The van der Waals surface area contributed by atoms with Gasteiger partial charge in [-0.15, -0.1) is 0 Å². The first-order chi connectivity index (χ1) is 7.99. The molecule has 17 heavy (non-hydrogen) atoms. The van der Waals surface area contributed by atoms with Crippen molar-refractivity contribution in [3.05, 3.63) is 30.1 Å². The highest BCUT2D eigenvalue weighted by Gasteiger charge is 2.09. The Bertz CT molecular complexity index is 425. The van der Waals surface area contributed by atoms with Crippen LogP contribution < -0.4 is 11.1 Å². The summed E-state index contributed by atoms with van der Waals surface area (Å²) in [4.78, 5) is 13.5. The number of carbonyl (C=O) groups is 1. The normalized spacial score (nSPS) is 10.3. The number of likely N-dealkylation sites (N-methyl/N-ethyl adjacent to an activating group) is 1. The van der Waals surface area contributed by atoms with Gasteiger partial charge in [0.05, 0.1) is 17.2 Å². The van der Waals surface area contributed by atoms with E-state index in [9.17, 15) is 9.18 Å². The van der Waals surface area contributed by atoms with Crippen molar-refractivity contribution in [2.75, 3.05) is 25.5 Å². The number of nitrogens with one attached hydrogen (secondary N) is 1. The third kappa shape index (κ3) is 4.88. The Kier molecular flexibility index (Phi) is 4.99. The van der Waals surface area contributed by atoms with Gasteiger partial charge < -0.3 is 11.1 Å². The molecule has 0 aliphatic rings. The number of anilines is 1.